The first-order valence-corrected chi connectivity index (χ1v) is 6.18. The highest BCUT2D eigenvalue weighted by molar-refractivity contribution is 5.87. The lowest BCUT2D eigenvalue weighted by atomic mass is 10.0. The lowest BCUT2D eigenvalue weighted by Crippen LogP contribution is -2.09. The van der Waals surface area contributed by atoms with E-state index in [1.165, 1.54) is 18.8 Å². The molecular formula is C14H13F3N2O3. The van der Waals surface area contributed by atoms with Crippen LogP contribution >= 0.6 is 0 Å². The molecule has 0 aliphatic carbocycles. The van der Waals surface area contributed by atoms with Crippen LogP contribution < -0.4 is 4.74 Å². The van der Waals surface area contributed by atoms with Crippen molar-refractivity contribution in [3.63, 3.8) is 0 Å². The summed E-state index contributed by atoms with van der Waals surface area (Å²) in [5, 5.41) is 12.7. The van der Waals surface area contributed by atoms with E-state index in [0.29, 0.717) is 13.0 Å². The zero-order chi connectivity index (χ0) is 16.7. The van der Waals surface area contributed by atoms with Gasteiger partial charge < -0.3 is 9.84 Å². The second-order valence-corrected chi connectivity index (χ2v) is 4.77. The molecule has 22 heavy (non-hydrogen) atoms. The number of hydrogen-bond acceptors (Lipinski definition) is 3. The van der Waals surface area contributed by atoms with E-state index in [-0.39, 0.29) is 22.7 Å². The van der Waals surface area contributed by atoms with Gasteiger partial charge in [0.15, 0.2) is 17.3 Å². The summed E-state index contributed by atoms with van der Waals surface area (Å²) in [6, 6.07) is 2.92. The van der Waals surface area contributed by atoms with Crippen LogP contribution in [0.25, 0.3) is 11.3 Å². The van der Waals surface area contributed by atoms with E-state index in [1.807, 2.05) is 0 Å². The maximum Gasteiger partial charge on any atom is 0.356 e. The maximum absolute atomic E-state index is 14.0. The number of alkyl halides is 2. The molecule has 0 aliphatic heterocycles. The van der Waals surface area contributed by atoms with Gasteiger partial charge in [-0.25, -0.2) is 18.0 Å². The fourth-order valence-electron chi connectivity index (χ4n) is 2.07. The quantitative estimate of drug-likeness (QED) is 0.942. The van der Waals surface area contributed by atoms with Crippen molar-refractivity contribution >= 4 is 5.97 Å². The summed E-state index contributed by atoms with van der Waals surface area (Å²) in [7, 11) is 2.62. The number of halogens is 3. The summed E-state index contributed by atoms with van der Waals surface area (Å²) < 4.78 is 47.1. The summed E-state index contributed by atoms with van der Waals surface area (Å²) in [5.74, 6) is -5.75. The summed E-state index contributed by atoms with van der Waals surface area (Å²) in [6.45, 7) is 0.643. The smallest absolute Gasteiger partial charge is 0.356 e. The minimum Gasteiger partial charge on any atom is -0.493 e. The number of methoxy groups -OCH3 is 1. The minimum atomic E-state index is -3.25. The van der Waals surface area contributed by atoms with Crippen molar-refractivity contribution in [3.05, 3.63) is 35.3 Å². The molecule has 118 valence electrons. The van der Waals surface area contributed by atoms with E-state index in [2.05, 4.69) is 5.10 Å². The van der Waals surface area contributed by atoms with Gasteiger partial charge in [0, 0.05) is 25.1 Å². The number of nitrogens with zero attached hydrogens (tertiary/aromatic N) is 2. The van der Waals surface area contributed by atoms with Crippen molar-refractivity contribution in [1.29, 1.82) is 0 Å². The molecule has 0 radical (unpaired) electrons. The van der Waals surface area contributed by atoms with Crippen molar-refractivity contribution < 1.29 is 27.8 Å². The number of aryl methyl sites for hydroxylation is 1. The summed E-state index contributed by atoms with van der Waals surface area (Å²) in [6.07, 6.45) is 0. The molecular weight excluding hydrogens is 301 g/mol. The number of hydrogen-bond donors (Lipinski definition) is 1. The second-order valence-electron chi connectivity index (χ2n) is 4.77. The Balaban J connectivity index is 2.73. The molecule has 2 aromatic rings. The molecule has 1 aromatic carbocycles. The summed E-state index contributed by atoms with van der Waals surface area (Å²) in [5.41, 5.74) is -0.673. The topological polar surface area (TPSA) is 64.3 Å². The number of aromatic nitrogens is 2. The lowest BCUT2D eigenvalue weighted by molar-refractivity contribution is 0.0171. The molecule has 0 atom stereocenters. The molecule has 0 fully saturated rings. The van der Waals surface area contributed by atoms with Crippen LogP contribution in [-0.4, -0.2) is 28.0 Å². The molecule has 0 bridgehead atoms. The predicted molar refractivity (Wildman–Crippen MR) is 71.7 cm³/mol. The van der Waals surface area contributed by atoms with Gasteiger partial charge in [-0.15, -0.1) is 0 Å². The van der Waals surface area contributed by atoms with Crippen LogP contribution in [0.15, 0.2) is 18.2 Å². The Morgan fingerprint density at radius 2 is 2.00 bits per heavy atom. The third-order valence-corrected chi connectivity index (χ3v) is 3.13. The van der Waals surface area contributed by atoms with Gasteiger partial charge in [0.1, 0.15) is 0 Å². The number of carboxylic acid groups (broad SMARTS) is 1. The van der Waals surface area contributed by atoms with Crippen molar-refractivity contribution in [1.82, 2.24) is 9.78 Å². The van der Waals surface area contributed by atoms with E-state index in [0.717, 1.165) is 12.1 Å². The van der Waals surface area contributed by atoms with Gasteiger partial charge in [0.05, 0.1) is 12.8 Å². The SMILES string of the molecule is COc1c(F)cc(C(C)(F)F)cc1-c1cc(C(=O)O)nn1C. The van der Waals surface area contributed by atoms with Crippen LogP contribution in [0.1, 0.15) is 23.0 Å². The van der Waals surface area contributed by atoms with Gasteiger partial charge in [0.2, 0.25) is 0 Å². The number of aromatic carboxylic acids is 1. The molecule has 0 spiro atoms. The number of carbonyl (C=O) groups is 1. The first kappa shape index (κ1) is 15.9. The predicted octanol–water partition coefficient (Wildman–Crippen LogP) is 3.04. The van der Waals surface area contributed by atoms with Crippen LogP contribution in [0.3, 0.4) is 0 Å². The fraction of sp³-hybridized carbons (Fsp3) is 0.286. The lowest BCUT2D eigenvalue weighted by Gasteiger charge is -2.16. The largest absolute Gasteiger partial charge is 0.493 e. The Morgan fingerprint density at radius 1 is 1.36 bits per heavy atom. The standard InChI is InChI=1S/C14H13F3N2O3/c1-14(16,17)7-4-8(12(22-3)9(15)5-7)11-6-10(13(20)21)18-19(11)2/h4-6H,1-3H3,(H,20,21). The molecule has 0 saturated carbocycles. The minimum absolute atomic E-state index is 0.00141. The van der Waals surface area contributed by atoms with Crippen molar-refractivity contribution in [3.8, 4) is 17.0 Å². The Morgan fingerprint density at radius 3 is 2.45 bits per heavy atom. The highest BCUT2D eigenvalue weighted by Crippen LogP contribution is 2.38. The zero-order valence-corrected chi connectivity index (χ0v) is 12.0. The average Bonchev–Trinajstić information content (AvgIpc) is 2.79. The highest BCUT2D eigenvalue weighted by atomic mass is 19.3. The number of benzene rings is 1. The third-order valence-electron chi connectivity index (χ3n) is 3.13. The monoisotopic (exact) mass is 314 g/mol. The van der Waals surface area contributed by atoms with E-state index >= 15 is 0 Å². The Hall–Kier alpha value is -2.51. The van der Waals surface area contributed by atoms with E-state index in [4.69, 9.17) is 9.84 Å². The molecule has 0 amide bonds. The number of ether oxygens (including phenoxy) is 1. The molecule has 0 aliphatic rings. The van der Waals surface area contributed by atoms with Crippen molar-refractivity contribution in [2.24, 2.45) is 7.05 Å². The summed E-state index contributed by atoms with van der Waals surface area (Å²) >= 11 is 0. The number of carboxylic acids is 1. The average molecular weight is 314 g/mol. The number of rotatable bonds is 4. The van der Waals surface area contributed by atoms with Gasteiger partial charge in [-0.1, -0.05) is 0 Å². The van der Waals surface area contributed by atoms with E-state index < -0.39 is 23.3 Å². The van der Waals surface area contributed by atoms with Gasteiger partial charge in [-0.2, -0.15) is 5.10 Å². The molecule has 0 saturated heterocycles. The molecule has 5 nitrogen and oxygen atoms in total. The molecule has 8 heteroatoms. The summed E-state index contributed by atoms with van der Waals surface area (Å²) in [4.78, 5) is 10.9. The third kappa shape index (κ3) is 2.76. The Kier molecular flexibility index (Phi) is 3.87. The van der Waals surface area contributed by atoms with Crippen LogP contribution in [0.5, 0.6) is 5.75 Å². The molecule has 0 unspecified atom stereocenters. The normalized spacial score (nSPS) is 11.5. The van der Waals surface area contributed by atoms with Gasteiger partial charge in [-0.3, -0.25) is 4.68 Å². The molecule has 1 N–H and O–H groups in total. The molecule has 1 aromatic heterocycles. The first-order chi connectivity index (χ1) is 10.1. The zero-order valence-electron chi connectivity index (χ0n) is 12.0. The van der Waals surface area contributed by atoms with Crippen molar-refractivity contribution in [2.75, 3.05) is 7.11 Å². The van der Waals surface area contributed by atoms with Crippen LogP contribution in [0.2, 0.25) is 0 Å². The van der Waals surface area contributed by atoms with Gasteiger partial charge >= 0.3 is 5.97 Å². The van der Waals surface area contributed by atoms with Gasteiger partial charge in [0.25, 0.3) is 5.92 Å². The van der Waals surface area contributed by atoms with Crippen LogP contribution in [0, 0.1) is 5.82 Å². The van der Waals surface area contributed by atoms with Gasteiger partial charge in [-0.05, 0) is 18.2 Å². The van der Waals surface area contributed by atoms with Crippen molar-refractivity contribution in [2.45, 2.75) is 12.8 Å². The maximum atomic E-state index is 14.0. The first-order valence-electron chi connectivity index (χ1n) is 6.18. The fourth-order valence-corrected chi connectivity index (χ4v) is 2.07. The van der Waals surface area contributed by atoms with Crippen LogP contribution in [0.4, 0.5) is 13.2 Å². The molecule has 1 heterocycles. The van der Waals surface area contributed by atoms with E-state index in [9.17, 15) is 18.0 Å². The second kappa shape index (κ2) is 5.36. The van der Waals surface area contributed by atoms with Crippen LogP contribution in [-0.2, 0) is 13.0 Å². The molecule has 2 rings (SSSR count). The van der Waals surface area contributed by atoms with E-state index in [1.54, 1.807) is 0 Å². The highest BCUT2D eigenvalue weighted by Gasteiger charge is 2.28. The Bertz CT molecular complexity index is 736. The Labute approximate surface area is 123 Å².